The molecule has 1 fully saturated rings. The number of hydrogen-bond acceptors (Lipinski definition) is 6. The van der Waals surface area contributed by atoms with Gasteiger partial charge in [0.05, 0.1) is 12.9 Å². The van der Waals surface area contributed by atoms with Gasteiger partial charge < -0.3 is 23.7 Å². The summed E-state index contributed by atoms with van der Waals surface area (Å²) >= 11 is 0. The molecule has 148 valence electrons. The minimum absolute atomic E-state index is 0.225. The highest BCUT2D eigenvalue weighted by Gasteiger charge is 2.26. The zero-order valence-electron chi connectivity index (χ0n) is 16.4. The maximum absolute atomic E-state index is 12.1. The highest BCUT2D eigenvalue weighted by molar-refractivity contribution is 5.81. The first kappa shape index (κ1) is 20.6. The van der Waals surface area contributed by atoms with Gasteiger partial charge in [0.15, 0.2) is 0 Å². The van der Waals surface area contributed by atoms with Crippen LogP contribution in [-0.4, -0.2) is 55.9 Å². The van der Waals surface area contributed by atoms with E-state index in [1.165, 1.54) is 0 Å². The Bertz CT molecular complexity index is 742. The zero-order chi connectivity index (χ0) is 19.9. The molecule has 7 nitrogen and oxygen atoms in total. The van der Waals surface area contributed by atoms with Gasteiger partial charge in [-0.05, 0) is 52.0 Å². The van der Waals surface area contributed by atoms with Crippen molar-refractivity contribution in [2.24, 2.45) is 0 Å². The van der Waals surface area contributed by atoms with Crippen LogP contribution in [0.5, 0.6) is 0 Å². The predicted octanol–water partition coefficient (Wildman–Crippen LogP) is 3.67. The van der Waals surface area contributed by atoms with Crippen LogP contribution < -0.4 is 4.90 Å². The van der Waals surface area contributed by atoms with Gasteiger partial charge in [0, 0.05) is 37.3 Å². The molecule has 7 heteroatoms. The number of ether oxygens (including phenoxy) is 2. The number of carbonyl (C=O) groups excluding carboxylic acids is 2. The number of rotatable bonds is 3. The number of piperazine rings is 1. The molecule has 0 bridgehead atoms. The number of anilines is 1. The Labute approximate surface area is 159 Å². The van der Waals surface area contributed by atoms with Crippen LogP contribution in [0.4, 0.5) is 10.5 Å². The lowest BCUT2D eigenvalue weighted by Gasteiger charge is -2.36. The third-order valence-electron chi connectivity index (χ3n) is 3.97. The molecule has 3 rings (SSSR count). The number of nitrogens with zero attached hydrogens (tertiary/aromatic N) is 2. The maximum Gasteiger partial charge on any atom is 0.410 e. The Morgan fingerprint density at radius 2 is 1.89 bits per heavy atom. The normalized spacial score (nSPS) is 14.4. The van der Waals surface area contributed by atoms with Crippen molar-refractivity contribution < 1.29 is 23.5 Å². The first-order chi connectivity index (χ1) is 12.8. The molecular weight excluding hydrogens is 348 g/mol. The molecule has 1 aliphatic heterocycles. The van der Waals surface area contributed by atoms with Crippen LogP contribution in [0.1, 0.15) is 27.7 Å². The van der Waals surface area contributed by atoms with Crippen molar-refractivity contribution in [2.75, 3.05) is 37.7 Å². The Hall–Kier alpha value is -2.70. The molecule has 2 heterocycles. The zero-order valence-corrected chi connectivity index (χ0v) is 16.4. The van der Waals surface area contributed by atoms with Crippen molar-refractivity contribution in [2.45, 2.75) is 33.3 Å². The van der Waals surface area contributed by atoms with Crippen molar-refractivity contribution in [1.29, 1.82) is 0 Å². The molecule has 0 atom stereocenters. The van der Waals surface area contributed by atoms with Gasteiger partial charge in [-0.3, -0.25) is 4.79 Å². The second-order valence-corrected chi connectivity index (χ2v) is 7.15. The first-order valence-electron chi connectivity index (χ1n) is 9.09. The highest BCUT2D eigenvalue weighted by atomic mass is 16.6. The van der Waals surface area contributed by atoms with Gasteiger partial charge in [0.2, 0.25) is 0 Å². The third-order valence-corrected chi connectivity index (χ3v) is 3.97. The van der Waals surface area contributed by atoms with E-state index < -0.39 is 5.60 Å². The lowest BCUT2D eigenvalue weighted by atomic mass is 10.2. The van der Waals surface area contributed by atoms with Crippen LogP contribution in [0.25, 0.3) is 11.0 Å². The van der Waals surface area contributed by atoms with Crippen molar-refractivity contribution in [3.8, 4) is 0 Å². The van der Waals surface area contributed by atoms with Crippen molar-refractivity contribution in [1.82, 2.24) is 4.90 Å². The van der Waals surface area contributed by atoms with E-state index in [1.54, 1.807) is 18.1 Å². The van der Waals surface area contributed by atoms with Gasteiger partial charge in [-0.1, -0.05) is 0 Å². The molecule has 27 heavy (non-hydrogen) atoms. The van der Waals surface area contributed by atoms with Gasteiger partial charge in [-0.2, -0.15) is 0 Å². The molecule has 0 unspecified atom stereocenters. The van der Waals surface area contributed by atoms with Crippen LogP contribution >= 0.6 is 0 Å². The van der Waals surface area contributed by atoms with Crippen molar-refractivity contribution >= 4 is 29.2 Å². The molecule has 0 aliphatic carbocycles. The lowest BCUT2D eigenvalue weighted by molar-refractivity contribution is -0.128. The molecule has 1 amide bonds. The van der Waals surface area contributed by atoms with Crippen molar-refractivity contribution in [3.63, 3.8) is 0 Å². The largest absolute Gasteiger partial charge is 0.468 e. The van der Waals surface area contributed by atoms with Crippen LogP contribution in [0.3, 0.4) is 0 Å². The number of furan rings is 1. The molecule has 2 aromatic rings. The minimum Gasteiger partial charge on any atom is -0.468 e. The lowest BCUT2D eigenvalue weighted by Crippen LogP contribution is -2.50. The van der Waals surface area contributed by atoms with Gasteiger partial charge in [-0.25, -0.2) is 4.79 Å². The van der Waals surface area contributed by atoms with Gasteiger partial charge in [-0.15, -0.1) is 0 Å². The summed E-state index contributed by atoms with van der Waals surface area (Å²) in [6.45, 7) is 11.3. The van der Waals surface area contributed by atoms with Crippen molar-refractivity contribution in [3.05, 3.63) is 30.5 Å². The van der Waals surface area contributed by atoms with Crippen LogP contribution in [0, 0.1) is 0 Å². The Balaban J connectivity index is 0.000000465. The van der Waals surface area contributed by atoms with Crippen LogP contribution in [0.15, 0.2) is 34.9 Å². The Morgan fingerprint density at radius 3 is 2.44 bits per heavy atom. The maximum atomic E-state index is 12.1. The topological polar surface area (TPSA) is 72.2 Å². The summed E-state index contributed by atoms with van der Waals surface area (Å²) in [6, 6.07) is 8.15. The fraction of sp³-hybridized carbons (Fsp3) is 0.500. The average molecular weight is 376 g/mol. The van der Waals surface area contributed by atoms with E-state index in [0.717, 1.165) is 29.7 Å². The number of fused-ring (bicyclic) bond motifs is 1. The summed E-state index contributed by atoms with van der Waals surface area (Å²) in [6.07, 6.45) is 1.48. The standard InChI is InChI=1S/C17H22N2O3.C3H6O2/c1-17(2,3)22-16(20)19-9-7-18(8-10-19)14-4-5-15-13(12-14)6-11-21-15;1-2-5-3-4/h4-6,11-12H,7-10H2,1-3H3;3H,2H2,1H3. The second-order valence-electron chi connectivity index (χ2n) is 7.15. The van der Waals surface area contributed by atoms with Crippen LogP contribution in [-0.2, 0) is 14.3 Å². The molecule has 0 spiro atoms. The number of carbonyl (C=O) groups is 2. The molecule has 1 saturated heterocycles. The summed E-state index contributed by atoms with van der Waals surface area (Å²) in [7, 11) is 0. The summed E-state index contributed by atoms with van der Waals surface area (Å²) in [5, 5.41) is 1.10. The van der Waals surface area contributed by atoms with E-state index in [9.17, 15) is 9.59 Å². The van der Waals surface area contributed by atoms with E-state index in [-0.39, 0.29) is 6.09 Å². The SMILES string of the molecule is CC(C)(C)OC(=O)N1CCN(c2ccc3occc3c2)CC1.CCOC=O. The van der Waals surface area contributed by atoms with E-state index in [2.05, 4.69) is 21.8 Å². The molecule has 0 N–H and O–H groups in total. The summed E-state index contributed by atoms with van der Waals surface area (Å²) in [5.41, 5.74) is 1.62. The average Bonchev–Trinajstić information content (AvgIpc) is 3.09. The summed E-state index contributed by atoms with van der Waals surface area (Å²) in [4.78, 5) is 25.3. The molecule has 1 aromatic carbocycles. The Morgan fingerprint density at radius 1 is 1.19 bits per heavy atom. The third kappa shape index (κ3) is 6.20. The predicted molar refractivity (Wildman–Crippen MR) is 104 cm³/mol. The van der Waals surface area contributed by atoms with E-state index >= 15 is 0 Å². The second kappa shape index (κ2) is 9.30. The fourth-order valence-corrected chi connectivity index (χ4v) is 2.69. The number of amides is 1. The van der Waals surface area contributed by atoms with E-state index in [0.29, 0.717) is 26.2 Å². The van der Waals surface area contributed by atoms with Gasteiger partial charge >= 0.3 is 6.09 Å². The highest BCUT2D eigenvalue weighted by Crippen LogP contribution is 2.24. The Kier molecular flexibility index (Phi) is 7.10. The minimum atomic E-state index is -0.444. The molecule has 1 aliphatic rings. The van der Waals surface area contributed by atoms with E-state index in [4.69, 9.17) is 9.15 Å². The molecule has 0 saturated carbocycles. The first-order valence-corrected chi connectivity index (χ1v) is 9.09. The summed E-state index contributed by atoms with van der Waals surface area (Å²) in [5.74, 6) is 0. The monoisotopic (exact) mass is 376 g/mol. The van der Waals surface area contributed by atoms with Crippen LogP contribution in [0.2, 0.25) is 0 Å². The van der Waals surface area contributed by atoms with E-state index in [1.807, 2.05) is 32.9 Å². The number of hydrogen-bond donors (Lipinski definition) is 0. The fourth-order valence-electron chi connectivity index (χ4n) is 2.69. The molecular formula is C20H28N2O5. The van der Waals surface area contributed by atoms with Gasteiger partial charge in [0.25, 0.3) is 6.47 Å². The summed E-state index contributed by atoms with van der Waals surface area (Å²) < 4.78 is 14.9. The quantitative estimate of drug-likeness (QED) is 0.761. The molecule has 0 radical (unpaired) electrons. The van der Waals surface area contributed by atoms with Gasteiger partial charge in [0.1, 0.15) is 11.2 Å². The number of benzene rings is 1. The smallest absolute Gasteiger partial charge is 0.410 e. The molecule has 1 aromatic heterocycles.